The van der Waals surface area contributed by atoms with Crippen molar-refractivity contribution in [3.8, 4) is 0 Å². The highest BCUT2D eigenvalue weighted by molar-refractivity contribution is 7.11. The molecule has 0 aliphatic rings. The van der Waals surface area contributed by atoms with Crippen LogP contribution < -0.4 is 5.32 Å². The first-order chi connectivity index (χ1) is 23.1. The maximum Gasteiger partial charge on any atom is 0.166 e. The summed E-state index contributed by atoms with van der Waals surface area (Å²) in [6.07, 6.45) is 1.05. The topological polar surface area (TPSA) is 99.1 Å². The van der Waals surface area contributed by atoms with E-state index in [1.165, 1.54) is 11.5 Å². The molecule has 47 heavy (non-hydrogen) atoms. The molecule has 1 aromatic heterocycles. The van der Waals surface area contributed by atoms with Crippen LogP contribution in [0.15, 0.2) is 146 Å². The SMILES string of the molecule is CCC(C)Nc1ccc(N=Nc2ccc(N=Nc3ccc(N=Nc4snc5ccccc45)c(C)c3)c3ccccc23)c2ccccc12. The Morgan fingerprint density at radius 1 is 0.596 bits per heavy atom. The number of azo groups is 3. The fourth-order valence-electron chi connectivity index (χ4n) is 5.39. The highest BCUT2D eigenvalue weighted by Gasteiger charge is 2.10. The van der Waals surface area contributed by atoms with Crippen LogP contribution in [0, 0.1) is 6.92 Å². The van der Waals surface area contributed by atoms with Crippen molar-refractivity contribution < 1.29 is 0 Å². The molecule has 0 bridgehead atoms. The first-order valence-corrected chi connectivity index (χ1v) is 16.3. The molecule has 0 saturated carbocycles. The summed E-state index contributed by atoms with van der Waals surface area (Å²) in [6, 6.07) is 38.4. The third kappa shape index (κ3) is 6.39. The number of hydrogen-bond acceptors (Lipinski definition) is 9. The van der Waals surface area contributed by atoms with E-state index in [0.29, 0.717) is 6.04 Å². The van der Waals surface area contributed by atoms with Gasteiger partial charge >= 0.3 is 0 Å². The van der Waals surface area contributed by atoms with E-state index in [1.54, 1.807) is 0 Å². The van der Waals surface area contributed by atoms with E-state index in [-0.39, 0.29) is 0 Å². The van der Waals surface area contributed by atoms with Crippen LogP contribution in [0.25, 0.3) is 32.4 Å². The lowest BCUT2D eigenvalue weighted by Gasteiger charge is -2.15. The van der Waals surface area contributed by atoms with Gasteiger partial charge in [-0.2, -0.15) is 9.49 Å². The summed E-state index contributed by atoms with van der Waals surface area (Å²) >= 11 is 1.34. The van der Waals surface area contributed by atoms with Gasteiger partial charge in [-0.1, -0.05) is 67.6 Å². The van der Waals surface area contributed by atoms with Gasteiger partial charge in [-0.15, -0.1) is 25.6 Å². The number of nitrogens with zero attached hydrogens (tertiary/aromatic N) is 7. The van der Waals surface area contributed by atoms with E-state index in [9.17, 15) is 0 Å². The van der Waals surface area contributed by atoms with Crippen LogP contribution in [0.2, 0.25) is 0 Å². The molecule has 7 aromatic rings. The van der Waals surface area contributed by atoms with Crippen molar-refractivity contribution in [2.75, 3.05) is 5.32 Å². The average Bonchev–Trinajstić information content (AvgIpc) is 3.53. The van der Waals surface area contributed by atoms with Crippen LogP contribution in [0.1, 0.15) is 25.8 Å². The molecule has 0 saturated heterocycles. The lowest BCUT2D eigenvalue weighted by Crippen LogP contribution is -2.13. The van der Waals surface area contributed by atoms with Gasteiger partial charge in [-0.05, 0) is 92.0 Å². The molecule has 9 heteroatoms. The van der Waals surface area contributed by atoms with Crippen molar-refractivity contribution in [3.63, 3.8) is 0 Å². The quantitative estimate of drug-likeness (QED) is 0.160. The second kappa shape index (κ2) is 13.4. The van der Waals surface area contributed by atoms with Crippen LogP contribution >= 0.6 is 11.5 Å². The summed E-state index contributed by atoms with van der Waals surface area (Å²) in [7, 11) is 0. The molecule has 7 rings (SSSR count). The molecular weight excluding hydrogens is 601 g/mol. The zero-order valence-electron chi connectivity index (χ0n) is 26.3. The molecule has 8 nitrogen and oxygen atoms in total. The van der Waals surface area contributed by atoms with Crippen molar-refractivity contribution in [2.24, 2.45) is 30.7 Å². The van der Waals surface area contributed by atoms with Crippen molar-refractivity contribution in [1.82, 2.24) is 4.37 Å². The molecular formula is C38H32N8S. The van der Waals surface area contributed by atoms with Crippen molar-refractivity contribution in [2.45, 2.75) is 33.2 Å². The van der Waals surface area contributed by atoms with Gasteiger partial charge in [0.1, 0.15) is 0 Å². The third-order valence-corrected chi connectivity index (χ3v) is 8.89. The summed E-state index contributed by atoms with van der Waals surface area (Å²) in [5.74, 6) is 0. The second-order valence-corrected chi connectivity index (χ2v) is 12.1. The predicted molar refractivity (Wildman–Crippen MR) is 195 cm³/mol. The Balaban J connectivity index is 1.13. The van der Waals surface area contributed by atoms with Crippen molar-refractivity contribution >= 4 is 83.1 Å². The highest BCUT2D eigenvalue weighted by Crippen LogP contribution is 2.38. The van der Waals surface area contributed by atoms with Crippen molar-refractivity contribution in [1.29, 1.82) is 0 Å². The number of anilines is 1. The van der Waals surface area contributed by atoms with E-state index in [2.05, 4.69) is 68.3 Å². The van der Waals surface area contributed by atoms with Gasteiger partial charge in [-0.25, -0.2) is 0 Å². The Kier molecular flexibility index (Phi) is 8.53. The lowest BCUT2D eigenvalue weighted by atomic mass is 10.1. The Morgan fingerprint density at radius 3 is 1.79 bits per heavy atom. The Hall–Kier alpha value is -5.67. The zero-order chi connectivity index (χ0) is 32.2. The number of hydrogen-bond donors (Lipinski definition) is 1. The summed E-state index contributed by atoms with van der Waals surface area (Å²) in [5.41, 5.74) is 6.84. The molecule has 0 spiro atoms. The fraction of sp³-hybridized carbons (Fsp3) is 0.132. The van der Waals surface area contributed by atoms with E-state index in [4.69, 9.17) is 10.2 Å². The van der Waals surface area contributed by atoms with Gasteiger partial charge in [-0.3, -0.25) is 0 Å². The molecule has 230 valence electrons. The van der Waals surface area contributed by atoms with E-state index in [1.807, 2.05) is 97.9 Å². The number of benzene rings is 6. The Labute approximate surface area is 276 Å². The molecule has 0 aliphatic heterocycles. The normalized spacial score (nSPS) is 12.7. The fourth-order valence-corrected chi connectivity index (χ4v) is 6.08. The summed E-state index contributed by atoms with van der Waals surface area (Å²) in [5, 5.41) is 37.0. The predicted octanol–water partition coefficient (Wildman–Crippen LogP) is 13.4. The molecule has 6 aromatic carbocycles. The maximum atomic E-state index is 4.71. The largest absolute Gasteiger partial charge is 0.382 e. The Morgan fingerprint density at radius 2 is 1.13 bits per heavy atom. The zero-order valence-corrected chi connectivity index (χ0v) is 27.1. The van der Waals surface area contributed by atoms with Crippen LogP contribution in [0.4, 0.5) is 39.1 Å². The smallest absolute Gasteiger partial charge is 0.166 e. The number of rotatable bonds is 9. The van der Waals surface area contributed by atoms with Gasteiger partial charge in [0.2, 0.25) is 0 Å². The summed E-state index contributed by atoms with van der Waals surface area (Å²) in [4.78, 5) is 0. The van der Waals surface area contributed by atoms with Crippen LogP contribution in [0.5, 0.6) is 0 Å². The third-order valence-electron chi connectivity index (χ3n) is 8.13. The number of fused-ring (bicyclic) bond motifs is 3. The van der Waals surface area contributed by atoms with Crippen LogP contribution in [-0.2, 0) is 0 Å². The second-order valence-electron chi connectivity index (χ2n) is 11.4. The monoisotopic (exact) mass is 632 g/mol. The minimum atomic E-state index is 0.378. The first kappa shape index (κ1) is 30.0. The highest BCUT2D eigenvalue weighted by atomic mass is 32.1. The molecule has 1 atom stereocenters. The summed E-state index contributed by atoms with van der Waals surface area (Å²) < 4.78 is 4.44. The van der Waals surface area contributed by atoms with E-state index in [0.717, 1.165) is 83.6 Å². The van der Waals surface area contributed by atoms with E-state index >= 15 is 0 Å². The molecule has 0 radical (unpaired) electrons. The molecule has 0 fully saturated rings. The first-order valence-electron chi connectivity index (χ1n) is 15.6. The standard InChI is InChI=1S/C38H32N8S/c1-4-25(3)39-33-19-20-35(28-12-6-5-11-27(28)33)43-44-36-22-21-34(29-13-7-8-14-30(29)36)42-40-26-17-18-32(24(2)23-26)41-45-38-31-15-9-10-16-37(31)46-47-38/h5-23,25,39H,4H2,1-3H3. The average molecular weight is 633 g/mol. The van der Waals surface area contributed by atoms with Gasteiger partial charge in [0, 0.05) is 38.7 Å². The molecule has 0 amide bonds. The van der Waals surface area contributed by atoms with E-state index < -0.39 is 0 Å². The van der Waals surface area contributed by atoms with Gasteiger partial charge in [0.15, 0.2) is 5.00 Å². The van der Waals surface area contributed by atoms with Crippen LogP contribution in [-0.4, -0.2) is 10.4 Å². The van der Waals surface area contributed by atoms with Crippen molar-refractivity contribution in [3.05, 3.63) is 121 Å². The lowest BCUT2D eigenvalue weighted by molar-refractivity contribution is 0.765. The van der Waals surface area contributed by atoms with Gasteiger partial charge in [0.25, 0.3) is 0 Å². The summed E-state index contributed by atoms with van der Waals surface area (Å²) in [6.45, 7) is 6.36. The number of nitrogens with one attached hydrogen (secondary N) is 1. The molecule has 1 heterocycles. The number of aryl methyl sites for hydroxylation is 1. The molecule has 0 aliphatic carbocycles. The maximum absolute atomic E-state index is 4.71. The Bertz CT molecular complexity index is 2320. The minimum Gasteiger partial charge on any atom is -0.382 e. The van der Waals surface area contributed by atoms with Gasteiger partial charge < -0.3 is 5.32 Å². The minimum absolute atomic E-state index is 0.378. The van der Waals surface area contributed by atoms with Crippen LogP contribution in [0.3, 0.4) is 0 Å². The molecule has 1 N–H and O–H groups in total. The van der Waals surface area contributed by atoms with Gasteiger partial charge in [0.05, 0.1) is 34.0 Å². The molecule has 1 unspecified atom stereocenters. The number of aromatic nitrogens is 1.